The summed E-state index contributed by atoms with van der Waals surface area (Å²) in [6.45, 7) is 0. The van der Waals surface area contributed by atoms with Crippen LogP contribution in [0.5, 0.6) is 5.75 Å². The van der Waals surface area contributed by atoms with Crippen LogP contribution >= 0.6 is 35.7 Å². The molecule has 3 rings (SSSR count). The number of hydrogen-bond donors (Lipinski definition) is 1. The first-order valence-electron chi connectivity index (χ1n) is 8.38. The first kappa shape index (κ1) is 20.6. The van der Waals surface area contributed by atoms with Crippen LogP contribution in [-0.4, -0.2) is 56.3 Å². The van der Waals surface area contributed by atoms with Gasteiger partial charge in [-0.2, -0.15) is 11.8 Å². The Morgan fingerprint density at radius 1 is 1.43 bits per heavy atom. The number of carboxylic acid groups (broad SMARTS) is 1. The smallest absolute Gasteiger partial charge is 0.326 e. The van der Waals surface area contributed by atoms with E-state index in [1.54, 1.807) is 19.3 Å². The molecule has 0 radical (unpaired) electrons. The average Bonchev–Trinajstić information content (AvgIpc) is 2.95. The van der Waals surface area contributed by atoms with E-state index in [1.165, 1.54) is 16.7 Å². The van der Waals surface area contributed by atoms with Gasteiger partial charge in [-0.3, -0.25) is 9.69 Å². The predicted octanol–water partition coefficient (Wildman–Crippen LogP) is 3.65. The van der Waals surface area contributed by atoms with E-state index in [2.05, 4.69) is 4.98 Å². The van der Waals surface area contributed by atoms with Gasteiger partial charge >= 0.3 is 5.97 Å². The van der Waals surface area contributed by atoms with E-state index < -0.39 is 12.0 Å². The van der Waals surface area contributed by atoms with Gasteiger partial charge in [0.15, 0.2) is 0 Å². The van der Waals surface area contributed by atoms with E-state index in [0.29, 0.717) is 22.8 Å². The van der Waals surface area contributed by atoms with Crippen molar-refractivity contribution in [3.05, 3.63) is 40.9 Å². The van der Waals surface area contributed by atoms with Gasteiger partial charge in [0.05, 0.1) is 23.2 Å². The largest absolute Gasteiger partial charge is 0.497 e. The van der Waals surface area contributed by atoms with Crippen molar-refractivity contribution in [2.45, 2.75) is 12.5 Å². The summed E-state index contributed by atoms with van der Waals surface area (Å²) in [5.74, 6) is -0.0691. The summed E-state index contributed by atoms with van der Waals surface area (Å²) in [5.41, 5.74) is 1.38. The van der Waals surface area contributed by atoms with E-state index >= 15 is 0 Å². The highest BCUT2D eigenvalue weighted by atomic mass is 32.2. The van der Waals surface area contributed by atoms with Crippen LogP contribution in [0, 0.1) is 0 Å². The normalized spacial score (nSPS) is 16.8. The van der Waals surface area contributed by atoms with Crippen LogP contribution in [0.15, 0.2) is 35.2 Å². The standard InChI is InChI=1S/C19H18N2O4S3/c1-25-13-5-6-14-11(9-13)3-4-12(20-14)10-16-17(22)21(19(26)28-16)15(18(23)24)7-8-27-2/h3-6,9-10,15H,7-8H2,1-2H3,(H,23,24)/b16-10+. The Morgan fingerprint density at radius 3 is 2.89 bits per heavy atom. The van der Waals surface area contributed by atoms with Gasteiger partial charge in [0.2, 0.25) is 0 Å². The van der Waals surface area contributed by atoms with Crippen LogP contribution in [-0.2, 0) is 9.59 Å². The third-order valence-corrected chi connectivity index (χ3v) is 6.19. The number of thiocarbonyl (C=S) groups is 1. The molecule has 1 N–H and O–H groups in total. The third-order valence-electron chi connectivity index (χ3n) is 4.21. The molecule has 1 amide bonds. The maximum absolute atomic E-state index is 12.8. The number of pyridine rings is 1. The molecular formula is C19H18N2O4S3. The molecule has 1 atom stereocenters. The minimum atomic E-state index is -1.05. The Hall–Kier alpha value is -2.10. The van der Waals surface area contributed by atoms with Crippen molar-refractivity contribution in [2.75, 3.05) is 19.1 Å². The Bertz CT molecular complexity index is 977. The van der Waals surface area contributed by atoms with Crippen molar-refractivity contribution in [3.8, 4) is 5.75 Å². The highest BCUT2D eigenvalue weighted by Gasteiger charge is 2.40. The van der Waals surface area contributed by atoms with Gasteiger partial charge in [-0.1, -0.05) is 30.0 Å². The Kier molecular flexibility index (Phi) is 6.58. The first-order valence-corrected chi connectivity index (χ1v) is 11.0. The van der Waals surface area contributed by atoms with E-state index in [4.69, 9.17) is 17.0 Å². The molecule has 1 aromatic carbocycles. The molecule has 6 nitrogen and oxygen atoms in total. The minimum Gasteiger partial charge on any atom is -0.497 e. The minimum absolute atomic E-state index is 0.260. The van der Waals surface area contributed by atoms with Crippen LogP contribution in [0.4, 0.5) is 0 Å². The van der Waals surface area contributed by atoms with Gasteiger partial charge in [-0.25, -0.2) is 9.78 Å². The number of nitrogens with zero attached hydrogens (tertiary/aromatic N) is 2. The van der Waals surface area contributed by atoms with Gasteiger partial charge in [0, 0.05) is 5.39 Å². The molecule has 146 valence electrons. The Labute approximate surface area is 176 Å². The lowest BCUT2D eigenvalue weighted by atomic mass is 10.1. The molecule has 1 saturated heterocycles. The summed E-state index contributed by atoms with van der Waals surface area (Å²) in [6.07, 6.45) is 3.88. The number of methoxy groups -OCH3 is 1. The molecule has 0 spiro atoms. The summed E-state index contributed by atoms with van der Waals surface area (Å²) in [4.78, 5) is 30.6. The SMILES string of the molecule is COc1ccc2nc(/C=C3/SC(=S)N(C(CCSC)C(=O)O)C3=O)ccc2c1. The number of thioether (sulfide) groups is 2. The number of carbonyl (C=O) groups is 2. The molecular weight excluding hydrogens is 416 g/mol. The molecule has 1 unspecified atom stereocenters. The maximum atomic E-state index is 12.8. The van der Waals surface area contributed by atoms with Crippen LogP contribution in [0.1, 0.15) is 12.1 Å². The molecule has 0 bridgehead atoms. The van der Waals surface area contributed by atoms with Crippen LogP contribution in [0.2, 0.25) is 0 Å². The average molecular weight is 435 g/mol. The van der Waals surface area contributed by atoms with Crippen molar-refractivity contribution >= 4 is 68.9 Å². The lowest BCUT2D eigenvalue weighted by Gasteiger charge is -2.22. The Balaban J connectivity index is 1.88. The predicted molar refractivity (Wildman–Crippen MR) is 118 cm³/mol. The molecule has 0 saturated carbocycles. The third kappa shape index (κ3) is 4.31. The van der Waals surface area contributed by atoms with Crippen molar-refractivity contribution in [3.63, 3.8) is 0 Å². The molecule has 1 aromatic heterocycles. The fourth-order valence-corrected chi connectivity index (χ4v) is 4.60. The lowest BCUT2D eigenvalue weighted by Crippen LogP contribution is -2.44. The highest BCUT2D eigenvalue weighted by Crippen LogP contribution is 2.35. The molecule has 28 heavy (non-hydrogen) atoms. The molecule has 2 heterocycles. The number of benzene rings is 1. The molecule has 1 fully saturated rings. The number of fused-ring (bicyclic) bond motifs is 1. The number of carboxylic acids is 1. The zero-order valence-corrected chi connectivity index (χ0v) is 17.7. The number of amides is 1. The second kappa shape index (κ2) is 8.93. The quantitative estimate of drug-likeness (QED) is 0.523. The van der Waals surface area contributed by atoms with Crippen LogP contribution in [0.3, 0.4) is 0 Å². The van der Waals surface area contributed by atoms with E-state index in [1.807, 2.05) is 30.5 Å². The second-order valence-corrected chi connectivity index (χ2v) is 8.64. The molecule has 1 aliphatic heterocycles. The molecule has 0 aliphatic carbocycles. The number of rotatable bonds is 7. The lowest BCUT2D eigenvalue weighted by molar-refractivity contribution is -0.145. The van der Waals surface area contributed by atoms with Crippen molar-refractivity contribution in [2.24, 2.45) is 0 Å². The second-order valence-electron chi connectivity index (χ2n) is 5.98. The number of ether oxygens (including phenoxy) is 1. The van der Waals surface area contributed by atoms with Crippen LogP contribution in [0.25, 0.3) is 17.0 Å². The van der Waals surface area contributed by atoms with E-state index in [-0.39, 0.29) is 10.2 Å². The summed E-state index contributed by atoms with van der Waals surface area (Å²) in [5, 5.41) is 10.4. The van der Waals surface area contributed by atoms with E-state index in [9.17, 15) is 14.7 Å². The molecule has 1 aliphatic rings. The first-order chi connectivity index (χ1) is 13.4. The van der Waals surface area contributed by atoms with Gasteiger partial charge in [0.25, 0.3) is 5.91 Å². The molecule has 9 heteroatoms. The summed E-state index contributed by atoms with van der Waals surface area (Å²) in [7, 11) is 1.61. The van der Waals surface area contributed by atoms with Crippen molar-refractivity contribution in [1.82, 2.24) is 9.88 Å². The highest BCUT2D eigenvalue weighted by molar-refractivity contribution is 8.26. The van der Waals surface area contributed by atoms with Crippen molar-refractivity contribution in [1.29, 1.82) is 0 Å². The van der Waals surface area contributed by atoms with Crippen LogP contribution < -0.4 is 4.74 Å². The van der Waals surface area contributed by atoms with Gasteiger partial charge in [-0.15, -0.1) is 0 Å². The number of aliphatic carboxylic acids is 1. The fraction of sp³-hybridized carbons (Fsp3) is 0.263. The monoisotopic (exact) mass is 434 g/mol. The number of carbonyl (C=O) groups excluding carboxylic acids is 1. The van der Waals surface area contributed by atoms with Crippen molar-refractivity contribution < 1.29 is 19.4 Å². The summed E-state index contributed by atoms with van der Waals surface area (Å²) >= 11 is 7.92. The maximum Gasteiger partial charge on any atom is 0.326 e. The number of hydrogen-bond acceptors (Lipinski definition) is 7. The van der Waals surface area contributed by atoms with Gasteiger partial charge in [0.1, 0.15) is 16.1 Å². The number of aromatic nitrogens is 1. The topological polar surface area (TPSA) is 79.7 Å². The fourth-order valence-electron chi connectivity index (χ4n) is 2.80. The van der Waals surface area contributed by atoms with Gasteiger partial charge < -0.3 is 9.84 Å². The zero-order valence-electron chi connectivity index (χ0n) is 15.2. The van der Waals surface area contributed by atoms with E-state index in [0.717, 1.165) is 28.4 Å². The van der Waals surface area contributed by atoms with Gasteiger partial charge in [-0.05, 0) is 48.8 Å². The summed E-state index contributed by atoms with van der Waals surface area (Å²) < 4.78 is 5.47. The Morgan fingerprint density at radius 2 is 2.21 bits per heavy atom. The zero-order chi connectivity index (χ0) is 20.3. The molecule has 2 aromatic rings. The summed E-state index contributed by atoms with van der Waals surface area (Å²) in [6, 6.07) is 8.30.